The molecule has 0 aliphatic rings. The van der Waals surface area contributed by atoms with E-state index in [0.29, 0.717) is 24.8 Å². The molecule has 0 radical (unpaired) electrons. The van der Waals surface area contributed by atoms with Crippen molar-refractivity contribution >= 4 is 0 Å². The average Bonchev–Trinajstić information content (AvgIpc) is 2.76. The van der Waals surface area contributed by atoms with E-state index in [4.69, 9.17) is 10.3 Å². The van der Waals surface area contributed by atoms with Crippen molar-refractivity contribution in [2.24, 2.45) is 5.73 Å². The van der Waals surface area contributed by atoms with E-state index in [1.807, 2.05) is 23.0 Å². The van der Waals surface area contributed by atoms with Crippen LogP contribution in [-0.4, -0.2) is 14.7 Å². The van der Waals surface area contributed by atoms with Gasteiger partial charge in [-0.05, 0) is 18.6 Å². The third-order valence-electron chi connectivity index (χ3n) is 1.93. The second-order valence-corrected chi connectivity index (χ2v) is 3.13. The van der Waals surface area contributed by atoms with Crippen LogP contribution in [-0.2, 0) is 13.1 Å². The molecular weight excluding hydrogens is 180 g/mol. The van der Waals surface area contributed by atoms with Crippen LogP contribution in [0, 0.1) is 6.92 Å². The van der Waals surface area contributed by atoms with Gasteiger partial charge in [0, 0.05) is 18.9 Å². The maximum atomic E-state index is 5.50. The van der Waals surface area contributed by atoms with Gasteiger partial charge in [0.05, 0.1) is 0 Å². The van der Waals surface area contributed by atoms with Gasteiger partial charge in [-0.15, -0.1) is 0 Å². The predicted molar refractivity (Wildman–Crippen MR) is 50.5 cm³/mol. The average molecular weight is 192 g/mol. The van der Waals surface area contributed by atoms with E-state index >= 15 is 0 Å². The first kappa shape index (κ1) is 8.96. The molecule has 0 bridgehead atoms. The summed E-state index contributed by atoms with van der Waals surface area (Å²) in [5, 5.41) is 3.72. The summed E-state index contributed by atoms with van der Waals surface area (Å²) in [6.07, 6.45) is 3.92. The molecule has 2 rings (SSSR count). The Balaban J connectivity index is 2.10. The molecule has 5 nitrogen and oxygen atoms in total. The summed E-state index contributed by atoms with van der Waals surface area (Å²) in [5.41, 5.74) is 6.59. The molecule has 74 valence electrons. The number of aryl methyl sites for hydroxylation is 1. The maximum Gasteiger partial charge on any atom is 0.246 e. The third kappa shape index (κ3) is 1.82. The Kier molecular flexibility index (Phi) is 2.32. The summed E-state index contributed by atoms with van der Waals surface area (Å²) in [6.45, 7) is 2.95. The van der Waals surface area contributed by atoms with Crippen LogP contribution in [0.4, 0.5) is 0 Å². The molecule has 14 heavy (non-hydrogen) atoms. The van der Waals surface area contributed by atoms with Gasteiger partial charge in [0.1, 0.15) is 6.54 Å². The van der Waals surface area contributed by atoms with Gasteiger partial charge in [-0.1, -0.05) is 5.16 Å². The fourth-order valence-corrected chi connectivity index (χ4v) is 1.27. The smallest absolute Gasteiger partial charge is 0.246 e. The van der Waals surface area contributed by atoms with Gasteiger partial charge in [0.25, 0.3) is 0 Å². The Morgan fingerprint density at radius 2 is 2.43 bits per heavy atom. The Labute approximate surface area is 81.5 Å². The lowest BCUT2D eigenvalue weighted by molar-refractivity contribution is 0.368. The molecule has 2 aromatic heterocycles. The topological polar surface area (TPSA) is 69.9 Å². The summed E-state index contributed by atoms with van der Waals surface area (Å²) in [4.78, 5) is 4.11. The summed E-state index contributed by atoms with van der Waals surface area (Å²) >= 11 is 0. The van der Waals surface area contributed by atoms with Crippen LogP contribution in [0.2, 0.25) is 0 Å². The first-order chi connectivity index (χ1) is 6.78. The van der Waals surface area contributed by atoms with Gasteiger partial charge in [-0.2, -0.15) is 4.98 Å². The van der Waals surface area contributed by atoms with E-state index in [-0.39, 0.29) is 0 Å². The van der Waals surface area contributed by atoms with E-state index in [0.717, 1.165) is 5.56 Å². The Morgan fingerprint density at radius 3 is 3.00 bits per heavy atom. The quantitative estimate of drug-likeness (QED) is 0.776. The second kappa shape index (κ2) is 3.63. The van der Waals surface area contributed by atoms with Crippen LogP contribution in [0.3, 0.4) is 0 Å². The van der Waals surface area contributed by atoms with Crippen molar-refractivity contribution in [3.05, 3.63) is 35.7 Å². The van der Waals surface area contributed by atoms with Gasteiger partial charge in [0.2, 0.25) is 5.89 Å². The number of hydrogen-bond donors (Lipinski definition) is 1. The van der Waals surface area contributed by atoms with Crippen molar-refractivity contribution in [3.8, 4) is 0 Å². The van der Waals surface area contributed by atoms with Gasteiger partial charge < -0.3 is 14.8 Å². The third-order valence-corrected chi connectivity index (χ3v) is 1.93. The van der Waals surface area contributed by atoms with Crippen LogP contribution in [0.5, 0.6) is 0 Å². The SMILES string of the molecule is Cc1noc(Cn2ccc(CN)c2)n1. The number of nitrogens with two attached hydrogens (primary N) is 1. The molecule has 5 heteroatoms. The van der Waals surface area contributed by atoms with Crippen molar-refractivity contribution in [1.82, 2.24) is 14.7 Å². The van der Waals surface area contributed by atoms with Gasteiger partial charge in [-0.25, -0.2) is 0 Å². The molecule has 0 aliphatic carbocycles. The largest absolute Gasteiger partial charge is 0.345 e. The fraction of sp³-hybridized carbons (Fsp3) is 0.333. The van der Waals surface area contributed by atoms with Crippen LogP contribution in [0.25, 0.3) is 0 Å². The standard InChI is InChI=1S/C9H12N4O/c1-7-11-9(14-12-7)6-13-3-2-8(4-10)5-13/h2-3,5H,4,6,10H2,1H3. The van der Waals surface area contributed by atoms with Crippen LogP contribution in [0.1, 0.15) is 17.3 Å². The van der Waals surface area contributed by atoms with Gasteiger partial charge >= 0.3 is 0 Å². The highest BCUT2D eigenvalue weighted by Crippen LogP contribution is 2.04. The Bertz CT molecular complexity index is 418. The molecule has 0 spiro atoms. The lowest BCUT2D eigenvalue weighted by Crippen LogP contribution is -1.98. The van der Waals surface area contributed by atoms with E-state index in [2.05, 4.69) is 10.1 Å². The summed E-state index contributed by atoms with van der Waals surface area (Å²) in [6, 6.07) is 1.98. The highest BCUT2D eigenvalue weighted by molar-refractivity contribution is 5.10. The monoisotopic (exact) mass is 192 g/mol. The van der Waals surface area contributed by atoms with Crippen molar-refractivity contribution in [1.29, 1.82) is 0 Å². The minimum Gasteiger partial charge on any atom is -0.345 e. The summed E-state index contributed by atoms with van der Waals surface area (Å²) < 4.78 is 6.97. The van der Waals surface area contributed by atoms with Crippen LogP contribution < -0.4 is 5.73 Å². The van der Waals surface area contributed by atoms with Gasteiger partial charge in [0.15, 0.2) is 5.82 Å². The molecule has 0 atom stereocenters. The number of nitrogens with zero attached hydrogens (tertiary/aromatic N) is 3. The number of aromatic nitrogens is 3. The van der Waals surface area contributed by atoms with Crippen molar-refractivity contribution < 1.29 is 4.52 Å². The van der Waals surface area contributed by atoms with Crippen LogP contribution >= 0.6 is 0 Å². The molecule has 0 aliphatic heterocycles. The molecule has 0 aromatic carbocycles. The number of hydrogen-bond acceptors (Lipinski definition) is 4. The highest BCUT2D eigenvalue weighted by atomic mass is 16.5. The minimum atomic E-state index is 0.551. The molecule has 0 fully saturated rings. The van der Waals surface area contributed by atoms with E-state index in [1.54, 1.807) is 6.92 Å². The lowest BCUT2D eigenvalue weighted by Gasteiger charge is -1.95. The minimum absolute atomic E-state index is 0.551. The molecule has 2 heterocycles. The predicted octanol–water partition coefficient (Wildman–Crippen LogP) is 0.687. The summed E-state index contributed by atoms with van der Waals surface area (Å²) in [7, 11) is 0. The normalized spacial score (nSPS) is 10.7. The Hall–Kier alpha value is -1.62. The zero-order chi connectivity index (χ0) is 9.97. The lowest BCUT2D eigenvalue weighted by atomic mass is 10.3. The number of rotatable bonds is 3. The molecule has 0 unspecified atom stereocenters. The maximum absolute atomic E-state index is 5.50. The van der Waals surface area contributed by atoms with Crippen molar-refractivity contribution in [2.45, 2.75) is 20.0 Å². The first-order valence-electron chi connectivity index (χ1n) is 4.42. The van der Waals surface area contributed by atoms with Crippen molar-refractivity contribution in [2.75, 3.05) is 0 Å². The second-order valence-electron chi connectivity index (χ2n) is 3.13. The zero-order valence-corrected chi connectivity index (χ0v) is 7.97. The molecule has 0 amide bonds. The van der Waals surface area contributed by atoms with E-state index in [1.165, 1.54) is 0 Å². The van der Waals surface area contributed by atoms with Crippen molar-refractivity contribution in [3.63, 3.8) is 0 Å². The summed E-state index contributed by atoms with van der Waals surface area (Å²) in [5.74, 6) is 1.27. The molecule has 0 saturated carbocycles. The zero-order valence-electron chi connectivity index (χ0n) is 7.97. The van der Waals surface area contributed by atoms with Crippen LogP contribution in [0.15, 0.2) is 23.0 Å². The fourth-order valence-electron chi connectivity index (χ4n) is 1.27. The van der Waals surface area contributed by atoms with Gasteiger partial charge in [-0.3, -0.25) is 0 Å². The molecule has 2 N–H and O–H groups in total. The molecular formula is C9H12N4O. The van der Waals surface area contributed by atoms with E-state index < -0.39 is 0 Å². The first-order valence-corrected chi connectivity index (χ1v) is 4.42. The molecule has 2 aromatic rings. The Morgan fingerprint density at radius 1 is 1.57 bits per heavy atom. The highest BCUT2D eigenvalue weighted by Gasteiger charge is 2.03. The molecule has 0 saturated heterocycles. The van der Waals surface area contributed by atoms with E-state index in [9.17, 15) is 0 Å².